The van der Waals surface area contributed by atoms with Crippen molar-refractivity contribution >= 4 is 112 Å². The van der Waals surface area contributed by atoms with Gasteiger partial charge in [0.25, 0.3) is 22.5 Å². The van der Waals surface area contributed by atoms with E-state index >= 15 is 0 Å². The van der Waals surface area contributed by atoms with Gasteiger partial charge < -0.3 is 69.8 Å². The molecule has 42 nitrogen and oxygen atoms in total. The average molecular weight is 1370 g/mol. The summed E-state index contributed by atoms with van der Waals surface area (Å²) in [5, 5.41) is 22.8. The first-order valence-electron chi connectivity index (χ1n) is 20.0. The lowest BCUT2D eigenvalue weighted by atomic mass is 10.1. The van der Waals surface area contributed by atoms with Crippen molar-refractivity contribution in [1.29, 1.82) is 0 Å². The molecule has 79 heavy (non-hydrogen) atoms. The molecule has 0 saturated heterocycles. The summed E-state index contributed by atoms with van der Waals surface area (Å²) in [5.74, 6) is -0.537. The molecule has 0 bridgehead atoms. The van der Waals surface area contributed by atoms with Crippen LogP contribution in [0.4, 0.5) is 11.4 Å². The van der Waals surface area contributed by atoms with E-state index in [4.69, 9.17) is 51.6 Å². The van der Waals surface area contributed by atoms with Gasteiger partial charge in [-0.15, -0.1) is 0 Å². The number of nitro benzene ring substituents is 2. The highest BCUT2D eigenvalue weighted by atomic mass is 35.5. The molecule has 1 amide bonds. The summed E-state index contributed by atoms with van der Waals surface area (Å²) in [5.41, 5.74) is 5.09. The molecule has 456 valence electrons. The van der Waals surface area contributed by atoms with Gasteiger partial charge in [-0.05, 0) is 56.0 Å². The molecule has 0 aliphatic rings. The molecule has 2 aromatic rings. The monoisotopic (exact) mass is 1370 g/mol. The van der Waals surface area contributed by atoms with Gasteiger partial charge in [-0.25, -0.2) is 45.7 Å². The number of non-ortho nitro benzene ring substituents is 2. The molecule has 0 aliphatic carbocycles. The number of benzene rings is 2. The van der Waals surface area contributed by atoms with Crippen LogP contribution in [-0.4, -0.2) is 106 Å². The van der Waals surface area contributed by atoms with Crippen LogP contribution >= 0.6 is 89.8 Å². The average Bonchev–Trinajstić information content (AvgIpc) is 3.21. The number of hydrogen-bond donors (Lipinski definition) is 14. The van der Waals surface area contributed by atoms with Gasteiger partial charge in [0.2, 0.25) is 0 Å². The van der Waals surface area contributed by atoms with Crippen molar-refractivity contribution in [3.63, 3.8) is 0 Å². The minimum Gasteiger partial charge on any atom is -0.352 e. The first-order valence-corrected chi connectivity index (χ1v) is 35.4. The van der Waals surface area contributed by atoms with Gasteiger partial charge >= 0.3 is 78.2 Å². The van der Waals surface area contributed by atoms with Crippen molar-refractivity contribution in [2.24, 2.45) is 5.73 Å². The Labute approximate surface area is 447 Å². The van der Waals surface area contributed by atoms with Crippen LogP contribution in [0.5, 0.6) is 0 Å². The van der Waals surface area contributed by atoms with Gasteiger partial charge in [0.1, 0.15) is 0 Å². The van der Waals surface area contributed by atoms with E-state index in [-0.39, 0.29) is 41.9 Å². The molecule has 0 spiro atoms. The Hall–Kier alpha value is -1.95. The summed E-state index contributed by atoms with van der Waals surface area (Å²) in [6.45, 7) is -0.314. The van der Waals surface area contributed by atoms with Gasteiger partial charge in [-0.1, -0.05) is 37.8 Å². The van der Waals surface area contributed by atoms with Gasteiger partial charge in [0, 0.05) is 41.9 Å². The SMILES string of the molecule is NCCCCCCOP(=O)(O)OP(=O)(O)OP(=O)(O)OP(=O)(O)OP(=O)(O)O.O=C(Cl)c1cccc([N+](=O)[O-])c1.O=C(NCCCCCCOP(=O)(O)OP(=O)(O)OP(=O)(O)OP(=O)(O)OP(=O)(O)O)c1cccc([N+](=O)[O-])c1. The Balaban J connectivity index is 0.00000131. The number of nitro groups is 2. The molecule has 8 atom stereocenters. The number of nitrogens with one attached hydrogen (secondary N) is 1. The highest BCUT2D eigenvalue weighted by molar-refractivity contribution is 7.72. The number of carbonyl (C=O) groups excluding carboxylic acids is 2. The third-order valence-electron chi connectivity index (χ3n) is 7.22. The number of carbonyl (C=O) groups is 2. The maximum absolute atomic E-state index is 12.0. The molecule has 0 aliphatic heterocycles. The normalized spacial score (nSPS) is 17.9. The van der Waals surface area contributed by atoms with Crippen LogP contribution in [0.3, 0.4) is 0 Å². The summed E-state index contributed by atoms with van der Waals surface area (Å²) in [6.07, 6.45) is 3.47. The fourth-order valence-corrected chi connectivity index (χ4v) is 16.5. The van der Waals surface area contributed by atoms with Crippen molar-refractivity contribution in [2.75, 3.05) is 26.3 Å². The predicted octanol–water partition coefficient (Wildman–Crippen LogP) is 5.52. The van der Waals surface area contributed by atoms with Crippen molar-refractivity contribution < 1.29 is 167 Å². The number of nitrogens with zero attached hydrogens (tertiary/aromatic N) is 2. The van der Waals surface area contributed by atoms with Gasteiger partial charge in [0.05, 0.1) is 23.1 Å². The summed E-state index contributed by atoms with van der Waals surface area (Å²) in [7, 11) is -58.3. The second-order valence-electron chi connectivity index (χ2n) is 13.8. The van der Waals surface area contributed by atoms with Crippen molar-refractivity contribution in [3.05, 3.63) is 79.9 Å². The van der Waals surface area contributed by atoms with E-state index < -0.39 is 112 Å². The van der Waals surface area contributed by atoms with E-state index in [9.17, 15) is 99.9 Å². The van der Waals surface area contributed by atoms with Crippen molar-refractivity contribution in [3.8, 4) is 0 Å². The van der Waals surface area contributed by atoms with E-state index in [1.165, 1.54) is 36.4 Å². The Morgan fingerprint density at radius 2 is 0.772 bits per heavy atom. The van der Waals surface area contributed by atoms with Gasteiger partial charge in [-0.3, -0.25) is 38.9 Å². The minimum absolute atomic E-state index is 0.0817. The fraction of sp³-hybridized carbons (Fsp3) is 0.462. The largest absolute Gasteiger partial charge is 0.490 e. The Bertz CT molecular complexity index is 2870. The number of phosphoric acid groups is 10. The van der Waals surface area contributed by atoms with E-state index in [0.717, 1.165) is 12.1 Å². The number of nitrogens with two attached hydrogens (primary N) is 1. The summed E-state index contributed by atoms with van der Waals surface area (Å²) in [4.78, 5) is 149. The number of rotatable bonds is 35. The zero-order valence-corrected chi connectivity index (χ0v) is 48.6. The highest BCUT2D eigenvalue weighted by Gasteiger charge is 2.49. The standard InChI is InChI=1S/C13H23N2O19P5.C7H4ClNO3.C6H20NO16P5/c16-13(11-6-5-7-12(10-11)15(17)18)14-8-3-1-2-4-9-30-36(22,23)32-38(26,27)34-39(28,29)33-37(24,25)31-35(19,20)21;8-7(10)5-2-1-3-6(4-5)9(11)12;7-5-3-1-2-4-6-19-25(11,12)21-27(15,16)23-28(17,18)22-26(13,14)20-24(8,9)10/h5-7,10H,1-4,8-9H2,(H,14,16)(H,22,23)(H,24,25)(H,26,27)(H,28,29)(H2,19,20,21);1-4H;1-7H2,(H,11,12)(H,13,14)(H,15,16)(H,17,18)(H2,8,9,10). The van der Waals surface area contributed by atoms with Crippen LogP contribution in [0.15, 0.2) is 48.5 Å². The number of phosphoric ester groups is 2. The Morgan fingerprint density at radius 1 is 0.468 bits per heavy atom. The van der Waals surface area contributed by atoms with E-state index in [1.807, 2.05) is 0 Å². The lowest BCUT2D eigenvalue weighted by Crippen LogP contribution is -2.24. The molecule has 15 N–H and O–H groups in total. The molecule has 2 aromatic carbocycles. The van der Waals surface area contributed by atoms with E-state index in [0.29, 0.717) is 45.1 Å². The molecule has 0 aromatic heterocycles. The molecule has 0 fully saturated rings. The van der Waals surface area contributed by atoms with Crippen LogP contribution in [0.2, 0.25) is 0 Å². The Kier molecular flexibility index (Phi) is 32.7. The maximum Gasteiger partial charge on any atom is 0.490 e. The third kappa shape index (κ3) is 39.3. The zero-order chi connectivity index (χ0) is 61.5. The van der Waals surface area contributed by atoms with Gasteiger partial charge in [0.15, 0.2) is 0 Å². The molecule has 0 saturated carbocycles. The first-order chi connectivity index (χ1) is 35.6. The summed E-state index contributed by atoms with van der Waals surface area (Å²) < 4.78 is 149. The van der Waals surface area contributed by atoms with Crippen molar-refractivity contribution in [1.82, 2.24) is 5.32 Å². The van der Waals surface area contributed by atoms with Crippen LogP contribution < -0.4 is 11.1 Å². The first kappa shape index (κ1) is 77.0. The second kappa shape index (κ2) is 33.5. The number of unbranched alkanes of at least 4 members (excludes halogenated alkanes) is 6. The Morgan fingerprint density at radius 3 is 1.10 bits per heavy atom. The van der Waals surface area contributed by atoms with Crippen LogP contribution in [0, 0.1) is 20.2 Å². The second-order valence-corrected chi connectivity index (χ2v) is 29.4. The third-order valence-corrected chi connectivity index (χ3v) is 21.7. The molecule has 0 radical (unpaired) electrons. The van der Waals surface area contributed by atoms with E-state index in [1.54, 1.807) is 0 Å². The highest BCUT2D eigenvalue weighted by Crippen LogP contribution is 2.74. The minimum atomic E-state index is -6.16. The smallest absolute Gasteiger partial charge is 0.352 e. The molecular weight excluding hydrogens is 1320 g/mol. The van der Waals surface area contributed by atoms with Crippen LogP contribution in [0.25, 0.3) is 0 Å². The van der Waals surface area contributed by atoms with E-state index in [2.05, 4.69) is 48.8 Å². The molecule has 0 heterocycles. The lowest BCUT2D eigenvalue weighted by Gasteiger charge is -2.19. The maximum atomic E-state index is 12.0. The molecular formula is C26H47ClN4O38P10. The molecule has 53 heteroatoms. The van der Waals surface area contributed by atoms with Crippen molar-refractivity contribution in [2.45, 2.75) is 51.4 Å². The number of halogens is 1. The molecule has 8 unspecified atom stereocenters. The van der Waals surface area contributed by atoms with Crippen LogP contribution in [-0.2, 0) is 89.2 Å². The zero-order valence-electron chi connectivity index (χ0n) is 38.9. The molecule has 2 rings (SSSR count). The lowest BCUT2D eigenvalue weighted by molar-refractivity contribution is -0.385. The summed E-state index contributed by atoms with van der Waals surface area (Å²) in [6, 6.07) is 10.3. The fourth-order valence-electron chi connectivity index (χ4n) is 4.53. The quantitative estimate of drug-likeness (QED) is 0.0133. The van der Waals surface area contributed by atoms with Gasteiger partial charge in [-0.2, -0.15) is 34.5 Å². The topological polar surface area (TPSA) is 664 Å². The predicted molar refractivity (Wildman–Crippen MR) is 258 cm³/mol. The van der Waals surface area contributed by atoms with Crippen LogP contribution in [0.1, 0.15) is 72.1 Å². The summed E-state index contributed by atoms with van der Waals surface area (Å²) >= 11 is 5.12. The number of amides is 1. The number of hydrogen-bond acceptors (Lipinski definition) is 27.